The molecule has 1 aromatic heterocycles. The van der Waals surface area contributed by atoms with Crippen LogP contribution in [-0.2, 0) is 0 Å². The topological polar surface area (TPSA) is 13.1 Å². The van der Waals surface area contributed by atoms with Gasteiger partial charge in [-0.05, 0) is 67.8 Å². The van der Waals surface area contributed by atoms with Crippen molar-refractivity contribution in [3.8, 4) is 66.8 Å². The first-order chi connectivity index (χ1) is 24.3. The van der Waals surface area contributed by atoms with Gasteiger partial charge in [-0.1, -0.05) is 182 Å². The third-order valence-electron chi connectivity index (χ3n) is 9.52. The molecule has 49 heavy (non-hydrogen) atoms. The number of furan rings is 1. The molecule has 0 radical (unpaired) electrons. The van der Waals surface area contributed by atoms with Crippen molar-refractivity contribution in [1.29, 1.82) is 0 Å². The van der Waals surface area contributed by atoms with E-state index in [1.165, 1.54) is 44.5 Å². The van der Waals surface area contributed by atoms with Crippen LogP contribution in [0.1, 0.15) is 0 Å². The molecule has 0 N–H and O–H groups in total. The van der Waals surface area contributed by atoms with Crippen LogP contribution in [0.4, 0.5) is 0 Å². The summed E-state index contributed by atoms with van der Waals surface area (Å²) in [7, 11) is 0. The monoisotopic (exact) mass is 624 g/mol. The molecule has 0 aliphatic heterocycles. The Bertz CT molecular complexity index is 2380. The van der Waals surface area contributed by atoms with E-state index in [1.807, 2.05) is 0 Å². The minimum Gasteiger partial charge on any atom is -0.455 e. The molecule has 0 fully saturated rings. The zero-order chi connectivity index (χ0) is 32.6. The maximum Gasteiger partial charge on any atom is 0.143 e. The molecular weight excluding hydrogens is 593 g/mol. The Labute approximate surface area is 286 Å². The molecule has 9 rings (SSSR count). The van der Waals surface area contributed by atoms with Crippen LogP contribution in [0.2, 0.25) is 0 Å². The second kappa shape index (κ2) is 12.3. The minimum absolute atomic E-state index is 0.911. The average molecular weight is 625 g/mol. The van der Waals surface area contributed by atoms with Gasteiger partial charge < -0.3 is 4.42 Å². The summed E-state index contributed by atoms with van der Waals surface area (Å²) in [6.45, 7) is 0. The van der Waals surface area contributed by atoms with E-state index in [4.69, 9.17) is 4.42 Å². The van der Waals surface area contributed by atoms with Crippen LogP contribution in [-0.4, -0.2) is 0 Å². The molecule has 0 spiro atoms. The van der Waals surface area contributed by atoms with Crippen LogP contribution >= 0.6 is 0 Å². The smallest absolute Gasteiger partial charge is 0.143 e. The summed E-state index contributed by atoms with van der Waals surface area (Å²) in [4.78, 5) is 0. The van der Waals surface area contributed by atoms with Crippen molar-refractivity contribution in [1.82, 2.24) is 0 Å². The normalized spacial score (nSPS) is 11.3. The van der Waals surface area contributed by atoms with Gasteiger partial charge in [0.15, 0.2) is 0 Å². The Kier molecular flexibility index (Phi) is 7.22. The van der Waals surface area contributed by atoms with Gasteiger partial charge in [0.2, 0.25) is 0 Å². The number of hydrogen-bond acceptors (Lipinski definition) is 1. The molecule has 0 aliphatic carbocycles. The number of benzene rings is 8. The quantitative estimate of drug-likeness (QED) is 0.179. The zero-order valence-corrected chi connectivity index (χ0v) is 26.9. The fourth-order valence-corrected chi connectivity index (χ4v) is 6.98. The lowest BCUT2D eigenvalue weighted by atomic mass is 9.95. The van der Waals surface area contributed by atoms with Crippen LogP contribution in [0.25, 0.3) is 88.7 Å². The highest BCUT2D eigenvalue weighted by Gasteiger charge is 2.16. The lowest BCUT2D eigenvalue weighted by Gasteiger charge is -2.08. The van der Waals surface area contributed by atoms with Crippen LogP contribution in [0.15, 0.2) is 199 Å². The van der Waals surface area contributed by atoms with Gasteiger partial charge in [0.25, 0.3) is 0 Å². The summed E-state index contributed by atoms with van der Waals surface area (Å²) in [6.07, 6.45) is 0. The van der Waals surface area contributed by atoms with Gasteiger partial charge in [-0.3, -0.25) is 0 Å². The summed E-state index contributed by atoms with van der Waals surface area (Å²) < 4.78 is 6.84. The Hall–Kier alpha value is -6.44. The molecule has 0 saturated carbocycles. The molecule has 0 amide bonds. The molecule has 1 nitrogen and oxygen atoms in total. The number of hydrogen-bond donors (Lipinski definition) is 0. The van der Waals surface area contributed by atoms with Gasteiger partial charge in [0, 0.05) is 21.9 Å². The van der Waals surface area contributed by atoms with E-state index in [9.17, 15) is 0 Å². The van der Waals surface area contributed by atoms with Gasteiger partial charge in [-0.25, -0.2) is 0 Å². The fraction of sp³-hybridized carbons (Fsp3) is 0. The molecule has 0 saturated heterocycles. The van der Waals surface area contributed by atoms with Gasteiger partial charge in [-0.2, -0.15) is 0 Å². The third kappa shape index (κ3) is 5.42. The largest absolute Gasteiger partial charge is 0.455 e. The predicted molar refractivity (Wildman–Crippen MR) is 206 cm³/mol. The fourth-order valence-electron chi connectivity index (χ4n) is 6.98. The minimum atomic E-state index is 0.911. The first kappa shape index (κ1) is 28.8. The second-order valence-corrected chi connectivity index (χ2v) is 12.5. The number of rotatable bonds is 6. The van der Waals surface area contributed by atoms with Crippen molar-refractivity contribution >= 4 is 21.9 Å². The summed E-state index contributed by atoms with van der Waals surface area (Å²) in [5, 5.41) is 2.25. The van der Waals surface area contributed by atoms with Crippen LogP contribution < -0.4 is 0 Å². The lowest BCUT2D eigenvalue weighted by molar-refractivity contribution is 0.671. The molecule has 1 heteroatoms. The van der Waals surface area contributed by atoms with Crippen LogP contribution in [0.5, 0.6) is 0 Å². The van der Waals surface area contributed by atoms with Gasteiger partial charge >= 0.3 is 0 Å². The van der Waals surface area contributed by atoms with Crippen molar-refractivity contribution in [2.75, 3.05) is 0 Å². The summed E-state index contributed by atoms with van der Waals surface area (Å²) in [5.74, 6) is 0. The predicted octanol–water partition coefficient (Wildman–Crippen LogP) is 13.6. The standard InChI is InChI=1S/C48H32O/c1-3-11-33(12-4-1)35-23-27-37(28-24-35)39-15-7-17-41(31-39)43-19-9-21-45-46-22-10-20-44(48(46)49-47(43)45)42-18-8-16-40(32-42)38-29-25-36(26-30-38)34-13-5-2-6-14-34/h1-32H. The van der Waals surface area contributed by atoms with Crippen molar-refractivity contribution < 1.29 is 4.42 Å². The van der Waals surface area contributed by atoms with E-state index in [0.717, 1.165) is 44.2 Å². The SMILES string of the molecule is c1ccc(-c2ccc(-c3cccc(-c4cccc5c4oc4c(-c6cccc(-c7ccc(-c8ccccc8)cc7)c6)cccc45)c3)cc2)cc1. The molecule has 9 aromatic rings. The highest BCUT2D eigenvalue weighted by Crippen LogP contribution is 2.41. The Morgan fingerprint density at radius 1 is 0.224 bits per heavy atom. The van der Waals surface area contributed by atoms with E-state index in [1.54, 1.807) is 0 Å². The van der Waals surface area contributed by atoms with Gasteiger partial charge in [-0.15, -0.1) is 0 Å². The molecule has 8 aromatic carbocycles. The average Bonchev–Trinajstić information content (AvgIpc) is 3.58. The molecule has 0 aliphatic rings. The van der Waals surface area contributed by atoms with Gasteiger partial charge in [0.1, 0.15) is 11.2 Å². The summed E-state index contributed by atoms with van der Waals surface area (Å²) >= 11 is 0. The molecule has 0 unspecified atom stereocenters. The van der Waals surface area contributed by atoms with Crippen molar-refractivity contribution in [3.05, 3.63) is 194 Å². The highest BCUT2D eigenvalue weighted by molar-refractivity contribution is 6.13. The van der Waals surface area contributed by atoms with Crippen molar-refractivity contribution in [2.45, 2.75) is 0 Å². The molecule has 0 bridgehead atoms. The van der Waals surface area contributed by atoms with E-state index < -0.39 is 0 Å². The summed E-state index contributed by atoms with van der Waals surface area (Å²) in [5.41, 5.74) is 15.9. The lowest BCUT2D eigenvalue weighted by Crippen LogP contribution is -1.83. The first-order valence-electron chi connectivity index (χ1n) is 16.8. The van der Waals surface area contributed by atoms with E-state index >= 15 is 0 Å². The Balaban J connectivity index is 1.08. The first-order valence-corrected chi connectivity index (χ1v) is 16.8. The summed E-state index contributed by atoms with van der Waals surface area (Å²) in [6, 6.07) is 69.2. The van der Waals surface area contributed by atoms with E-state index in [2.05, 4.69) is 194 Å². The zero-order valence-electron chi connectivity index (χ0n) is 26.9. The molecule has 1 heterocycles. The molecule has 230 valence electrons. The second-order valence-electron chi connectivity index (χ2n) is 12.5. The third-order valence-corrected chi connectivity index (χ3v) is 9.52. The maximum atomic E-state index is 6.84. The van der Waals surface area contributed by atoms with Crippen LogP contribution in [0, 0.1) is 0 Å². The number of para-hydroxylation sites is 2. The molecular formula is C48H32O. The molecule has 0 atom stereocenters. The van der Waals surface area contributed by atoms with E-state index in [0.29, 0.717) is 0 Å². The Morgan fingerprint density at radius 3 is 0.939 bits per heavy atom. The number of fused-ring (bicyclic) bond motifs is 3. The Morgan fingerprint density at radius 2 is 0.531 bits per heavy atom. The van der Waals surface area contributed by atoms with Crippen molar-refractivity contribution in [2.24, 2.45) is 0 Å². The van der Waals surface area contributed by atoms with Gasteiger partial charge in [0.05, 0.1) is 0 Å². The maximum absolute atomic E-state index is 6.84. The highest BCUT2D eigenvalue weighted by atomic mass is 16.3. The van der Waals surface area contributed by atoms with Crippen molar-refractivity contribution in [3.63, 3.8) is 0 Å². The van der Waals surface area contributed by atoms with E-state index in [-0.39, 0.29) is 0 Å². The van der Waals surface area contributed by atoms with Crippen LogP contribution in [0.3, 0.4) is 0 Å².